The van der Waals surface area contributed by atoms with Gasteiger partial charge in [-0.2, -0.15) is 0 Å². The topological polar surface area (TPSA) is 61.8 Å². The van der Waals surface area contributed by atoms with E-state index in [4.69, 9.17) is 4.99 Å². The van der Waals surface area contributed by atoms with Crippen LogP contribution in [0.5, 0.6) is 0 Å². The Morgan fingerprint density at radius 2 is 1.88 bits per heavy atom. The number of hydrogen-bond acceptors (Lipinski definition) is 3. The first-order chi connectivity index (χ1) is 15.2. The summed E-state index contributed by atoms with van der Waals surface area (Å²) < 4.78 is 27.0. The highest BCUT2D eigenvalue weighted by Gasteiger charge is 2.50. The van der Waals surface area contributed by atoms with Crippen LogP contribution in [-0.4, -0.2) is 41.2 Å². The zero-order valence-electron chi connectivity index (χ0n) is 18.9. The molecule has 172 valence electrons. The summed E-state index contributed by atoms with van der Waals surface area (Å²) in [5.41, 5.74) is -0.566. The summed E-state index contributed by atoms with van der Waals surface area (Å²) in [6.07, 6.45) is 7.70. The number of halogens is 2. The normalized spacial score (nSPS) is 32.7. The third-order valence-electron chi connectivity index (χ3n) is 7.57. The van der Waals surface area contributed by atoms with Gasteiger partial charge in [0.25, 0.3) is 5.91 Å². The van der Waals surface area contributed by atoms with E-state index in [0.717, 1.165) is 49.7 Å². The molecule has 5 atom stereocenters. The SMILES string of the molecule is CC1C=CC(N2CCC3(CCCC(NC(=O)c4cc(F)cc(F)c4)C3)C2=O)=NC(C)C1C. The highest BCUT2D eigenvalue weighted by atomic mass is 19.1. The van der Waals surface area contributed by atoms with Crippen molar-refractivity contribution in [3.63, 3.8) is 0 Å². The zero-order valence-corrected chi connectivity index (χ0v) is 18.9. The van der Waals surface area contributed by atoms with Gasteiger partial charge >= 0.3 is 0 Å². The zero-order chi connectivity index (χ0) is 23.0. The molecule has 1 spiro atoms. The lowest BCUT2D eigenvalue weighted by molar-refractivity contribution is -0.134. The minimum absolute atomic E-state index is 0.0447. The lowest BCUT2D eigenvalue weighted by Gasteiger charge is -2.37. The molecule has 1 aliphatic carbocycles. The molecule has 2 heterocycles. The fraction of sp³-hybridized carbons (Fsp3) is 0.560. The Hall–Kier alpha value is -2.57. The maximum absolute atomic E-state index is 13.6. The summed E-state index contributed by atoms with van der Waals surface area (Å²) in [5, 5.41) is 2.90. The van der Waals surface area contributed by atoms with Crippen LogP contribution in [0.3, 0.4) is 0 Å². The Balaban J connectivity index is 1.48. The first-order valence-electron chi connectivity index (χ1n) is 11.5. The maximum atomic E-state index is 13.6. The smallest absolute Gasteiger partial charge is 0.251 e. The van der Waals surface area contributed by atoms with E-state index in [-0.39, 0.29) is 23.6 Å². The van der Waals surface area contributed by atoms with Crippen molar-refractivity contribution in [2.24, 2.45) is 22.2 Å². The van der Waals surface area contributed by atoms with Gasteiger partial charge in [0.05, 0.1) is 11.5 Å². The average molecular weight is 444 g/mol. The largest absolute Gasteiger partial charge is 0.349 e. The predicted molar refractivity (Wildman–Crippen MR) is 119 cm³/mol. The molecule has 1 saturated heterocycles. The van der Waals surface area contributed by atoms with Crippen LogP contribution in [0.15, 0.2) is 35.3 Å². The van der Waals surface area contributed by atoms with Crippen molar-refractivity contribution in [2.45, 2.75) is 65.0 Å². The quantitative estimate of drug-likeness (QED) is 0.732. The highest BCUT2D eigenvalue weighted by Crippen LogP contribution is 2.45. The minimum atomic E-state index is -0.785. The number of rotatable bonds is 2. The molecule has 1 aromatic carbocycles. The fourth-order valence-electron chi connectivity index (χ4n) is 5.28. The summed E-state index contributed by atoms with van der Waals surface area (Å²) in [6.45, 7) is 7.06. The number of nitrogens with one attached hydrogen (secondary N) is 1. The number of aliphatic imine (C=N–C) groups is 1. The third kappa shape index (κ3) is 4.34. The summed E-state index contributed by atoms with van der Waals surface area (Å²) in [5.74, 6) is -0.486. The van der Waals surface area contributed by atoms with E-state index in [2.05, 4.69) is 32.2 Å². The van der Waals surface area contributed by atoms with Crippen LogP contribution in [-0.2, 0) is 4.79 Å². The van der Waals surface area contributed by atoms with E-state index < -0.39 is 23.0 Å². The third-order valence-corrected chi connectivity index (χ3v) is 7.57. The second-order valence-corrected chi connectivity index (χ2v) is 9.72. The maximum Gasteiger partial charge on any atom is 0.251 e. The molecule has 0 aromatic heterocycles. The predicted octanol–water partition coefficient (Wildman–Crippen LogP) is 4.48. The molecule has 0 bridgehead atoms. The van der Waals surface area contributed by atoms with Crippen LogP contribution in [0.1, 0.15) is 63.2 Å². The van der Waals surface area contributed by atoms with E-state index in [9.17, 15) is 18.4 Å². The van der Waals surface area contributed by atoms with Gasteiger partial charge in [-0.25, -0.2) is 8.78 Å². The first kappa shape index (κ1) is 22.6. The molecule has 2 amide bonds. The molecule has 2 fully saturated rings. The summed E-state index contributed by atoms with van der Waals surface area (Å²) in [6, 6.07) is 2.71. The van der Waals surface area contributed by atoms with Crippen LogP contribution >= 0.6 is 0 Å². The Kier molecular flexibility index (Phi) is 6.19. The van der Waals surface area contributed by atoms with Gasteiger partial charge in [-0.3, -0.25) is 19.5 Å². The summed E-state index contributed by atoms with van der Waals surface area (Å²) >= 11 is 0. The molecule has 4 rings (SSSR count). The van der Waals surface area contributed by atoms with Gasteiger partial charge in [-0.1, -0.05) is 26.3 Å². The van der Waals surface area contributed by atoms with Crippen molar-refractivity contribution in [1.82, 2.24) is 10.2 Å². The Morgan fingerprint density at radius 1 is 1.16 bits per heavy atom. The number of allylic oxidation sites excluding steroid dienone is 1. The number of carbonyl (C=O) groups excluding carboxylic acids is 2. The molecule has 1 saturated carbocycles. The number of amidine groups is 1. The molecule has 7 heteroatoms. The first-order valence-corrected chi connectivity index (χ1v) is 11.5. The number of nitrogens with zero attached hydrogens (tertiary/aromatic N) is 2. The Bertz CT molecular complexity index is 956. The Morgan fingerprint density at radius 3 is 2.59 bits per heavy atom. The molecule has 5 unspecified atom stereocenters. The number of carbonyl (C=O) groups is 2. The molecule has 3 aliphatic rings. The van der Waals surface area contributed by atoms with E-state index in [1.807, 2.05) is 11.0 Å². The second-order valence-electron chi connectivity index (χ2n) is 9.72. The van der Waals surface area contributed by atoms with Crippen molar-refractivity contribution in [3.05, 3.63) is 47.5 Å². The van der Waals surface area contributed by atoms with Gasteiger partial charge < -0.3 is 5.32 Å². The van der Waals surface area contributed by atoms with Crippen molar-refractivity contribution in [2.75, 3.05) is 6.54 Å². The van der Waals surface area contributed by atoms with Crippen molar-refractivity contribution in [1.29, 1.82) is 0 Å². The van der Waals surface area contributed by atoms with Gasteiger partial charge in [0, 0.05) is 24.2 Å². The monoisotopic (exact) mass is 443 g/mol. The molecular formula is C25H31F2N3O2. The molecule has 32 heavy (non-hydrogen) atoms. The van der Waals surface area contributed by atoms with Crippen LogP contribution < -0.4 is 5.32 Å². The van der Waals surface area contributed by atoms with Gasteiger partial charge in [-0.15, -0.1) is 0 Å². The van der Waals surface area contributed by atoms with E-state index in [1.165, 1.54) is 0 Å². The van der Waals surface area contributed by atoms with Gasteiger partial charge in [0.2, 0.25) is 5.91 Å². The van der Waals surface area contributed by atoms with Crippen molar-refractivity contribution in [3.8, 4) is 0 Å². The number of amides is 2. The van der Waals surface area contributed by atoms with E-state index >= 15 is 0 Å². The second kappa shape index (κ2) is 8.75. The Labute approximate surface area is 188 Å². The summed E-state index contributed by atoms with van der Waals surface area (Å²) in [4.78, 5) is 32.8. The molecule has 1 N–H and O–H groups in total. The molecule has 1 aromatic rings. The van der Waals surface area contributed by atoms with Crippen LogP contribution in [0.4, 0.5) is 8.78 Å². The van der Waals surface area contributed by atoms with Crippen LogP contribution in [0.2, 0.25) is 0 Å². The van der Waals surface area contributed by atoms with E-state index in [0.29, 0.717) is 24.8 Å². The number of likely N-dealkylation sites (tertiary alicyclic amines) is 1. The molecule has 0 radical (unpaired) electrons. The van der Waals surface area contributed by atoms with Gasteiger partial charge in [0.15, 0.2) is 0 Å². The van der Waals surface area contributed by atoms with Gasteiger partial charge in [0.1, 0.15) is 17.5 Å². The van der Waals surface area contributed by atoms with Crippen molar-refractivity contribution < 1.29 is 18.4 Å². The highest BCUT2D eigenvalue weighted by molar-refractivity contribution is 6.07. The number of benzene rings is 1. The fourth-order valence-corrected chi connectivity index (χ4v) is 5.28. The average Bonchev–Trinajstić information content (AvgIpc) is 2.97. The van der Waals surface area contributed by atoms with Gasteiger partial charge in [-0.05, 0) is 62.7 Å². The summed E-state index contributed by atoms with van der Waals surface area (Å²) in [7, 11) is 0. The minimum Gasteiger partial charge on any atom is -0.349 e. The standard InChI is InChI=1S/C25H31F2N3O2/c1-15-6-7-22(28-17(3)16(15)2)30-10-9-25(24(30)32)8-4-5-21(14-25)29-23(31)18-11-19(26)13-20(27)12-18/h6-7,11-13,15-17,21H,4-5,8-10,14H2,1-3H3,(H,29,31). The van der Waals surface area contributed by atoms with Crippen molar-refractivity contribution >= 4 is 17.6 Å². The van der Waals surface area contributed by atoms with Crippen LogP contribution in [0.25, 0.3) is 0 Å². The molecule has 2 aliphatic heterocycles. The molecular weight excluding hydrogens is 412 g/mol. The lowest BCUT2D eigenvalue weighted by Crippen LogP contribution is -2.46. The molecule has 5 nitrogen and oxygen atoms in total. The lowest BCUT2D eigenvalue weighted by atomic mass is 9.71. The number of hydrogen-bond donors (Lipinski definition) is 1. The van der Waals surface area contributed by atoms with E-state index in [1.54, 1.807) is 0 Å². The van der Waals surface area contributed by atoms with Crippen LogP contribution in [0, 0.1) is 28.9 Å².